The first-order valence-electron chi connectivity index (χ1n) is 16.4. The fraction of sp³-hybridized carbons (Fsp3) is 0.400. The maximum atomic E-state index is 5.64. The zero-order chi connectivity index (χ0) is 32.3. The lowest BCUT2D eigenvalue weighted by atomic mass is 9.66. The molecule has 4 rings (SSSR count). The predicted molar refractivity (Wildman–Crippen MR) is 192 cm³/mol. The molecule has 0 aliphatic carbocycles. The predicted octanol–water partition coefficient (Wildman–Crippen LogP) is 10.4. The molecule has 4 aromatic carbocycles. The molecule has 0 heterocycles. The van der Waals surface area contributed by atoms with Crippen LogP contribution in [0.4, 0.5) is 0 Å². The molecule has 0 amide bonds. The van der Waals surface area contributed by atoms with Crippen LogP contribution in [0.15, 0.2) is 97.1 Å². The lowest BCUT2D eigenvalue weighted by Gasteiger charge is -2.43. The molecule has 1 atom stereocenters. The Hall–Kier alpha value is -3.49. The fourth-order valence-corrected chi connectivity index (χ4v) is 13.1. The first kappa shape index (κ1) is 34.4. The summed E-state index contributed by atoms with van der Waals surface area (Å²) < 4.78 is 22.5. The van der Waals surface area contributed by atoms with Gasteiger partial charge >= 0.3 is 0 Å². The van der Waals surface area contributed by atoms with Gasteiger partial charge in [-0.2, -0.15) is 0 Å². The average molecular weight is 628 g/mol. The zero-order valence-electron chi connectivity index (χ0n) is 28.3. The molecule has 240 valence electrons. The molecule has 0 spiro atoms. The van der Waals surface area contributed by atoms with E-state index in [0.717, 1.165) is 29.4 Å². The summed E-state index contributed by atoms with van der Waals surface area (Å²) in [5.41, 5.74) is 5.10. The van der Waals surface area contributed by atoms with Crippen molar-refractivity contribution in [2.75, 3.05) is 46.9 Å². The number of methoxy groups -OCH3 is 4. The molecule has 0 saturated carbocycles. The van der Waals surface area contributed by atoms with E-state index in [1.807, 2.05) is 0 Å². The van der Waals surface area contributed by atoms with Gasteiger partial charge in [0.05, 0.1) is 52.6 Å². The molecule has 0 N–H and O–H groups in total. The zero-order valence-corrected chi connectivity index (χ0v) is 29.2. The second-order valence-corrected chi connectivity index (χ2v) is 16.4. The van der Waals surface area contributed by atoms with Gasteiger partial charge in [-0.3, -0.25) is 0 Å². The lowest BCUT2D eigenvalue weighted by Crippen LogP contribution is -2.33. The normalized spacial score (nSPS) is 12.4. The molecule has 0 fully saturated rings. The van der Waals surface area contributed by atoms with Crippen LogP contribution in [0, 0.1) is 0 Å². The van der Waals surface area contributed by atoms with Gasteiger partial charge in [-0.1, -0.05) is 69.3 Å². The number of hydrogen-bond acceptors (Lipinski definition) is 4. The highest BCUT2D eigenvalue weighted by Gasteiger charge is 2.50. The van der Waals surface area contributed by atoms with Crippen molar-refractivity contribution in [3.8, 4) is 23.0 Å². The van der Waals surface area contributed by atoms with Crippen molar-refractivity contribution in [1.82, 2.24) is 0 Å². The Labute approximate surface area is 272 Å². The number of hydrogen-bond donors (Lipinski definition) is 0. The van der Waals surface area contributed by atoms with Gasteiger partial charge in [0.25, 0.3) is 0 Å². The minimum Gasteiger partial charge on any atom is -0.497 e. The van der Waals surface area contributed by atoms with Gasteiger partial charge in [0, 0.05) is 19.1 Å². The molecule has 45 heavy (non-hydrogen) atoms. The number of rotatable bonds is 17. The topological polar surface area (TPSA) is 36.9 Å². The number of ether oxygens (including phenoxy) is 4. The molecular weight excluding hydrogens is 575 g/mol. The van der Waals surface area contributed by atoms with E-state index < -0.39 is 12.7 Å². The van der Waals surface area contributed by atoms with Crippen LogP contribution in [-0.2, 0) is 5.41 Å². The van der Waals surface area contributed by atoms with Gasteiger partial charge in [-0.15, -0.1) is 0 Å². The summed E-state index contributed by atoms with van der Waals surface area (Å²) in [5.74, 6) is 3.46. The molecule has 0 bridgehead atoms. The van der Waals surface area contributed by atoms with Crippen molar-refractivity contribution >= 4 is 7.26 Å². The minimum absolute atomic E-state index is 0.384. The van der Waals surface area contributed by atoms with Crippen molar-refractivity contribution in [2.24, 2.45) is 0 Å². The van der Waals surface area contributed by atoms with Gasteiger partial charge in [0.1, 0.15) is 23.0 Å². The lowest BCUT2D eigenvalue weighted by molar-refractivity contribution is 0.413. The Morgan fingerprint density at radius 3 is 1.02 bits per heavy atom. The fourth-order valence-electron chi connectivity index (χ4n) is 7.36. The van der Waals surface area contributed by atoms with Crippen molar-refractivity contribution in [1.29, 1.82) is 0 Å². The maximum Gasteiger partial charge on any atom is 0.118 e. The van der Waals surface area contributed by atoms with Crippen LogP contribution in [0.25, 0.3) is 0 Å². The molecule has 0 aliphatic rings. The molecule has 0 saturated heterocycles. The maximum absolute atomic E-state index is 5.64. The van der Waals surface area contributed by atoms with E-state index >= 15 is 0 Å². The quantitative estimate of drug-likeness (QED) is 0.0862. The molecule has 5 heteroatoms. The van der Waals surface area contributed by atoms with Crippen LogP contribution in [0.2, 0.25) is 0 Å². The average Bonchev–Trinajstić information content (AvgIpc) is 3.09. The van der Waals surface area contributed by atoms with E-state index in [2.05, 4.69) is 118 Å². The van der Waals surface area contributed by atoms with Crippen LogP contribution in [0.3, 0.4) is 0 Å². The van der Waals surface area contributed by atoms with Crippen LogP contribution in [0.1, 0.15) is 74.4 Å². The van der Waals surface area contributed by atoms with E-state index in [-0.39, 0.29) is 0 Å². The summed E-state index contributed by atoms with van der Waals surface area (Å²) in [6, 6.07) is 35.2. The third-order valence-electron chi connectivity index (χ3n) is 9.42. The Morgan fingerprint density at radius 1 is 0.467 bits per heavy atom. The Kier molecular flexibility index (Phi) is 12.4. The van der Waals surface area contributed by atoms with Gasteiger partial charge < -0.3 is 18.9 Å². The summed E-state index contributed by atoms with van der Waals surface area (Å²) in [6.45, 7) is 7.11. The summed E-state index contributed by atoms with van der Waals surface area (Å²) in [7, 11) is 5.47. The van der Waals surface area contributed by atoms with Gasteiger partial charge in [-0.25, -0.2) is 0 Å². The highest BCUT2D eigenvalue weighted by molar-refractivity contribution is 7.76. The Bertz CT molecular complexity index is 1300. The standard InChI is InChI=1S/C40H52O4P/c1-8-27-45(28-9-2,29-10-3)39(31-11-19-35(41-4)20-12-31)30-40(32-13-21-36(42-5)22-14-32,33-15-23-37(43-6)24-16-33)34-17-25-38(44-7)26-18-34/h11-26,39H,8-10,27-30H2,1-7H3/q+1. The number of benzene rings is 4. The largest absolute Gasteiger partial charge is 0.497 e. The van der Waals surface area contributed by atoms with Crippen molar-refractivity contribution in [2.45, 2.75) is 57.5 Å². The Balaban J connectivity index is 2.09. The molecular formula is C40H52O4P+. The van der Waals surface area contributed by atoms with Gasteiger partial charge in [-0.05, 0) is 90.0 Å². The monoisotopic (exact) mass is 627 g/mol. The first-order chi connectivity index (χ1) is 21.9. The molecule has 0 radical (unpaired) electrons. The van der Waals surface area contributed by atoms with Crippen LogP contribution in [0.5, 0.6) is 23.0 Å². The summed E-state index contributed by atoms with van der Waals surface area (Å²) in [6.07, 6.45) is 8.39. The highest BCUT2D eigenvalue weighted by atomic mass is 31.2. The third kappa shape index (κ3) is 7.50. The first-order valence-corrected chi connectivity index (χ1v) is 18.8. The summed E-state index contributed by atoms with van der Waals surface area (Å²) >= 11 is 0. The Morgan fingerprint density at radius 2 is 0.756 bits per heavy atom. The highest BCUT2D eigenvalue weighted by Crippen LogP contribution is 2.73. The SMILES string of the molecule is CCC[P+](CCC)(CCC)C(CC(c1ccc(OC)cc1)(c1ccc(OC)cc1)c1ccc(OC)cc1)c1ccc(OC)cc1. The molecule has 0 aromatic heterocycles. The molecule has 4 nitrogen and oxygen atoms in total. The van der Waals surface area contributed by atoms with Crippen LogP contribution < -0.4 is 18.9 Å². The van der Waals surface area contributed by atoms with Gasteiger partial charge in [0.2, 0.25) is 0 Å². The smallest absolute Gasteiger partial charge is 0.118 e. The van der Waals surface area contributed by atoms with E-state index in [1.165, 1.54) is 60.0 Å². The molecule has 4 aromatic rings. The van der Waals surface area contributed by atoms with Crippen molar-refractivity contribution < 1.29 is 18.9 Å². The van der Waals surface area contributed by atoms with E-state index in [4.69, 9.17) is 18.9 Å². The van der Waals surface area contributed by atoms with E-state index in [0.29, 0.717) is 5.66 Å². The second-order valence-electron chi connectivity index (χ2n) is 12.0. The van der Waals surface area contributed by atoms with E-state index in [1.54, 1.807) is 28.4 Å². The summed E-state index contributed by atoms with van der Waals surface area (Å²) in [5, 5.41) is 0. The van der Waals surface area contributed by atoms with Crippen LogP contribution >= 0.6 is 7.26 Å². The van der Waals surface area contributed by atoms with Crippen molar-refractivity contribution in [3.63, 3.8) is 0 Å². The molecule has 1 unspecified atom stereocenters. The van der Waals surface area contributed by atoms with Crippen molar-refractivity contribution in [3.05, 3.63) is 119 Å². The van der Waals surface area contributed by atoms with Gasteiger partial charge in [0.15, 0.2) is 0 Å². The minimum atomic E-state index is -1.47. The summed E-state index contributed by atoms with van der Waals surface area (Å²) in [4.78, 5) is 0. The third-order valence-corrected chi connectivity index (χ3v) is 15.2. The molecule has 0 aliphatic heterocycles. The van der Waals surface area contributed by atoms with E-state index in [9.17, 15) is 0 Å². The van der Waals surface area contributed by atoms with Crippen LogP contribution in [-0.4, -0.2) is 46.9 Å². The second kappa shape index (κ2) is 16.2.